The molecule has 1 aromatic carbocycles. The standard InChI is InChI=1S/C15H20O2S/c1-2-18-11-5-9-15(14(16)17)10-8-12-6-3-4-7-13(12)15/h3-4,6-7H,2,5,8-11H2,1H3,(H,16,17). The molecule has 3 heteroatoms. The summed E-state index contributed by atoms with van der Waals surface area (Å²) in [6, 6.07) is 8.04. The smallest absolute Gasteiger partial charge is 0.314 e. The summed E-state index contributed by atoms with van der Waals surface area (Å²) >= 11 is 1.89. The predicted octanol–water partition coefficient (Wildman–Crippen LogP) is 3.49. The van der Waals surface area contributed by atoms with E-state index in [0.717, 1.165) is 42.8 Å². The molecular weight excluding hydrogens is 244 g/mol. The number of carboxylic acid groups (broad SMARTS) is 1. The summed E-state index contributed by atoms with van der Waals surface area (Å²) in [5, 5.41) is 9.66. The van der Waals surface area contributed by atoms with Gasteiger partial charge in [-0.05, 0) is 48.3 Å². The summed E-state index contributed by atoms with van der Waals surface area (Å²) < 4.78 is 0. The maximum Gasteiger partial charge on any atom is 0.314 e. The minimum atomic E-state index is -0.644. The van der Waals surface area contributed by atoms with Gasteiger partial charge in [0.25, 0.3) is 0 Å². The Hall–Kier alpha value is -0.960. The first-order chi connectivity index (χ1) is 8.70. The number of thioether (sulfide) groups is 1. The summed E-state index contributed by atoms with van der Waals surface area (Å²) in [5.74, 6) is 1.53. The molecule has 0 radical (unpaired) electrons. The molecule has 1 N–H and O–H groups in total. The van der Waals surface area contributed by atoms with Crippen LogP contribution in [0.2, 0.25) is 0 Å². The van der Waals surface area contributed by atoms with Crippen molar-refractivity contribution in [3.63, 3.8) is 0 Å². The van der Waals surface area contributed by atoms with Crippen LogP contribution in [-0.2, 0) is 16.6 Å². The van der Waals surface area contributed by atoms with E-state index in [-0.39, 0.29) is 0 Å². The van der Waals surface area contributed by atoms with Gasteiger partial charge in [0.05, 0.1) is 5.41 Å². The molecule has 0 heterocycles. The highest BCUT2D eigenvalue weighted by Crippen LogP contribution is 2.42. The summed E-state index contributed by atoms with van der Waals surface area (Å²) in [5.41, 5.74) is 1.66. The van der Waals surface area contributed by atoms with Crippen LogP contribution < -0.4 is 0 Å². The molecule has 0 fully saturated rings. The fourth-order valence-corrected chi connectivity index (χ4v) is 3.53. The molecule has 1 aliphatic carbocycles. The molecule has 1 aromatic rings. The molecule has 0 spiro atoms. The van der Waals surface area contributed by atoms with Gasteiger partial charge >= 0.3 is 5.97 Å². The van der Waals surface area contributed by atoms with Crippen molar-refractivity contribution in [1.82, 2.24) is 0 Å². The highest BCUT2D eigenvalue weighted by molar-refractivity contribution is 7.99. The zero-order valence-electron chi connectivity index (χ0n) is 10.8. The molecule has 0 saturated heterocycles. The molecule has 18 heavy (non-hydrogen) atoms. The third kappa shape index (κ3) is 2.41. The second-order valence-corrected chi connectivity index (χ2v) is 6.24. The summed E-state index contributed by atoms with van der Waals surface area (Å²) in [6.45, 7) is 2.14. The van der Waals surface area contributed by atoms with Crippen LogP contribution in [-0.4, -0.2) is 22.6 Å². The van der Waals surface area contributed by atoms with Crippen molar-refractivity contribution < 1.29 is 9.90 Å². The van der Waals surface area contributed by atoms with E-state index in [1.807, 2.05) is 30.0 Å². The van der Waals surface area contributed by atoms with Gasteiger partial charge in [-0.2, -0.15) is 11.8 Å². The van der Waals surface area contributed by atoms with E-state index in [0.29, 0.717) is 0 Å². The van der Waals surface area contributed by atoms with Gasteiger partial charge < -0.3 is 5.11 Å². The van der Waals surface area contributed by atoms with Crippen molar-refractivity contribution in [2.45, 2.75) is 38.0 Å². The SMILES string of the molecule is CCSCCCC1(C(=O)O)CCc2ccccc21. The van der Waals surface area contributed by atoms with Crippen LogP contribution >= 0.6 is 11.8 Å². The van der Waals surface area contributed by atoms with E-state index in [1.54, 1.807) is 0 Å². The van der Waals surface area contributed by atoms with Crippen molar-refractivity contribution >= 4 is 17.7 Å². The van der Waals surface area contributed by atoms with Crippen LogP contribution in [0.15, 0.2) is 24.3 Å². The van der Waals surface area contributed by atoms with Crippen molar-refractivity contribution in [3.05, 3.63) is 35.4 Å². The van der Waals surface area contributed by atoms with Gasteiger partial charge in [-0.25, -0.2) is 0 Å². The first kappa shape index (κ1) is 13.5. The normalized spacial score (nSPS) is 21.8. The Morgan fingerprint density at radius 3 is 2.94 bits per heavy atom. The van der Waals surface area contributed by atoms with Crippen LogP contribution in [0, 0.1) is 0 Å². The quantitative estimate of drug-likeness (QED) is 0.799. The monoisotopic (exact) mass is 264 g/mol. The maximum absolute atomic E-state index is 11.7. The average molecular weight is 264 g/mol. The Morgan fingerprint density at radius 2 is 2.22 bits per heavy atom. The molecule has 0 aromatic heterocycles. The molecule has 1 unspecified atom stereocenters. The average Bonchev–Trinajstić information content (AvgIpc) is 2.75. The van der Waals surface area contributed by atoms with Gasteiger partial charge in [0.15, 0.2) is 0 Å². The molecule has 0 bridgehead atoms. The lowest BCUT2D eigenvalue weighted by molar-refractivity contribution is -0.144. The van der Waals surface area contributed by atoms with Crippen LogP contribution in [0.1, 0.15) is 37.3 Å². The molecule has 1 atom stereocenters. The summed E-state index contributed by atoms with van der Waals surface area (Å²) in [6.07, 6.45) is 3.42. The van der Waals surface area contributed by atoms with Crippen molar-refractivity contribution in [2.75, 3.05) is 11.5 Å². The lowest BCUT2D eigenvalue weighted by atomic mass is 9.78. The minimum Gasteiger partial charge on any atom is -0.481 e. The zero-order chi connectivity index (χ0) is 13.0. The number of carboxylic acids is 1. The highest BCUT2D eigenvalue weighted by atomic mass is 32.2. The van der Waals surface area contributed by atoms with E-state index in [2.05, 4.69) is 13.0 Å². The molecule has 2 rings (SSSR count). The second kappa shape index (κ2) is 5.79. The van der Waals surface area contributed by atoms with Crippen molar-refractivity contribution in [1.29, 1.82) is 0 Å². The van der Waals surface area contributed by atoms with Gasteiger partial charge in [0.2, 0.25) is 0 Å². The second-order valence-electron chi connectivity index (χ2n) is 4.84. The van der Waals surface area contributed by atoms with E-state index in [9.17, 15) is 9.90 Å². The van der Waals surface area contributed by atoms with Gasteiger partial charge in [-0.15, -0.1) is 0 Å². The first-order valence-corrected chi connectivity index (χ1v) is 7.75. The van der Waals surface area contributed by atoms with Crippen molar-refractivity contribution in [2.24, 2.45) is 0 Å². The largest absolute Gasteiger partial charge is 0.481 e. The number of fused-ring (bicyclic) bond motifs is 1. The number of hydrogen-bond acceptors (Lipinski definition) is 2. The highest BCUT2D eigenvalue weighted by Gasteiger charge is 2.44. The Labute approximate surface area is 113 Å². The molecule has 0 saturated carbocycles. The van der Waals surface area contributed by atoms with Crippen LogP contribution in [0.4, 0.5) is 0 Å². The lowest BCUT2D eigenvalue weighted by Gasteiger charge is -2.25. The Balaban J connectivity index is 2.17. The van der Waals surface area contributed by atoms with Gasteiger partial charge in [0.1, 0.15) is 0 Å². The molecule has 0 aliphatic heterocycles. The van der Waals surface area contributed by atoms with E-state index < -0.39 is 11.4 Å². The van der Waals surface area contributed by atoms with E-state index in [1.165, 1.54) is 5.56 Å². The molecular formula is C15H20O2S. The first-order valence-electron chi connectivity index (χ1n) is 6.60. The molecule has 98 valence electrons. The third-order valence-electron chi connectivity index (χ3n) is 3.86. The van der Waals surface area contributed by atoms with E-state index in [4.69, 9.17) is 0 Å². The van der Waals surface area contributed by atoms with Crippen LogP contribution in [0.25, 0.3) is 0 Å². The predicted molar refractivity (Wildman–Crippen MR) is 76.3 cm³/mol. The van der Waals surface area contributed by atoms with Gasteiger partial charge in [-0.1, -0.05) is 31.2 Å². The molecule has 1 aliphatic rings. The number of rotatable bonds is 6. The number of carbonyl (C=O) groups is 1. The lowest BCUT2D eigenvalue weighted by Crippen LogP contribution is -2.33. The Bertz CT molecular complexity index is 430. The van der Waals surface area contributed by atoms with Crippen LogP contribution in [0.5, 0.6) is 0 Å². The minimum absolute atomic E-state index is 0.620. The Kier molecular flexibility index (Phi) is 4.33. The maximum atomic E-state index is 11.7. The van der Waals surface area contributed by atoms with Crippen LogP contribution in [0.3, 0.4) is 0 Å². The van der Waals surface area contributed by atoms with Gasteiger partial charge in [-0.3, -0.25) is 4.79 Å². The zero-order valence-corrected chi connectivity index (χ0v) is 11.6. The molecule has 2 nitrogen and oxygen atoms in total. The van der Waals surface area contributed by atoms with Crippen molar-refractivity contribution in [3.8, 4) is 0 Å². The Morgan fingerprint density at radius 1 is 1.44 bits per heavy atom. The summed E-state index contributed by atoms with van der Waals surface area (Å²) in [4.78, 5) is 11.7. The topological polar surface area (TPSA) is 37.3 Å². The number of aliphatic carboxylic acids is 1. The fourth-order valence-electron chi connectivity index (χ4n) is 2.90. The number of benzene rings is 1. The molecule has 0 amide bonds. The van der Waals surface area contributed by atoms with E-state index >= 15 is 0 Å². The summed E-state index contributed by atoms with van der Waals surface area (Å²) in [7, 11) is 0. The third-order valence-corrected chi connectivity index (χ3v) is 4.85. The number of aryl methyl sites for hydroxylation is 1. The number of hydrogen-bond donors (Lipinski definition) is 1. The van der Waals surface area contributed by atoms with Gasteiger partial charge in [0, 0.05) is 0 Å². The fraction of sp³-hybridized carbons (Fsp3) is 0.533.